The van der Waals surface area contributed by atoms with Crippen LogP contribution in [0.4, 0.5) is 5.82 Å². The SMILES string of the molecule is CC(O)CCN(C)c1ccc(Cl)cn1. The lowest BCUT2D eigenvalue weighted by Crippen LogP contribution is -2.22. The lowest BCUT2D eigenvalue weighted by Gasteiger charge is -2.18. The number of hydrogen-bond donors (Lipinski definition) is 1. The van der Waals surface area contributed by atoms with E-state index in [1.807, 2.05) is 24.1 Å². The number of aromatic nitrogens is 1. The largest absolute Gasteiger partial charge is 0.393 e. The molecule has 1 unspecified atom stereocenters. The molecule has 0 fully saturated rings. The normalized spacial score (nSPS) is 12.6. The summed E-state index contributed by atoms with van der Waals surface area (Å²) in [4.78, 5) is 6.16. The van der Waals surface area contributed by atoms with Crippen LogP contribution in [0.2, 0.25) is 5.02 Å². The van der Waals surface area contributed by atoms with Crippen molar-refractivity contribution in [2.75, 3.05) is 18.5 Å². The molecule has 0 amide bonds. The van der Waals surface area contributed by atoms with Gasteiger partial charge in [0.15, 0.2) is 0 Å². The van der Waals surface area contributed by atoms with Crippen molar-refractivity contribution in [3.63, 3.8) is 0 Å². The van der Waals surface area contributed by atoms with Crippen molar-refractivity contribution < 1.29 is 5.11 Å². The molecule has 0 saturated heterocycles. The maximum Gasteiger partial charge on any atom is 0.128 e. The van der Waals surface area contributed by atoms with Crippen molar-refractivity contribution in [1.82, 2.24) is 4.98 Å². The number of aliphatic hydroxyl groups excluding tert-OH is 1. The summed E-state index contributed by atoms with van der Waals surface area (Å²) in [5, 5.41) is 9.76. The van der Waals surface area contributed by atoms with E-state index in [4.69, 9.17) is 16.7 Å². The minimum absolute atomic E-state index is 0.273. The molecule has 1 heterocycles. The van der Waals surface area contributed by atoms with E-state index >= 15 is 0 Å². The van der Waals surface area contributed by atoms with Crippen LogP contribution in [0.1, 0.15) is 13.3 Å². The van der Waals surface area contributed by atoms with E-state index in [1.165, 1.54) is 0 Å². The van der Waals surface area contributed by atoms with Crippen LogP contribution in [0.5, 0.6) is 0 Å². The molecule has 0 saturated carbocycles. The highest BCUT2D eigenvalue weighted by Crippen LogP contribution is 2.13. The molecule has 0 aromatic carbocycles. The average molecular weight is 215 g/mol. The van der Waals surface area contributed by atoms with Crippen molar-refractivity contribution in [2.45, 2.75) is 19.4 Å². The fourth-order valence-corrected chi connectivity index (χ4v) is 1.20. The summed E-state index contributed by atoms with van der Waals surface area (Å²) in [6.07, 6.45) is 2.08. The smallest absolute Gasteiger partial charge is 0.128 e. The number of halogens is 1. The zero-order chi connectivity index (χ0) is 10.6. The zero-order valence-corrected chi connectivity index (χ0v) is 9.20. The van der Waals surface area contributed by atoms with Gasteiger partial charge < -0.3 is 10.0 Å². The first-order valence-corrected chi connectivity index (χ1v) is 4.98. The predicted octanol–water partition coefficient (Wildman–Crippen LogP) is 1.94. The first-order valence-electron chi connectivity index (χ1n) is 4.60. The Balaban J connectivity index is 2.52. The molecule has 0 spiro atoms. The second-order valence-corrected chi connectivity index (χ2v) is 3.83. The highest BCUT2D eigenvalue weighted by molar-refractivity contribution is 6.30. The van der Waals surface area contributed by atoms with E-state index < -0.39 is 0 Å². The fraction of sp³-hybridized carbons (Fsp3) is 0.500. The van der Waals surface area contributed by atoms with Crippen LogP contribution >= 0.6 is 11.6 Å². The van der Waals surface area contributed by atoms with Crippen LogP contribution in [0.15, 0.2) is 18.3 Å². The number of aliphatic hydroxyl groups is 1. The van der Waals surface area contributed by atoms with Crippen LogP contribution in [0.25, 0.3) is 0 Å². The van der Waals surface area contributed by atoms with Crippen molar-refractivity contribution >= 4 is 17.4 Å². The summed E-state index contributed by atoms with van der Waals surface area (Å²) in [6, 6.07) is 3.67. The molecule has 0 bridgehead atoms. The molecule has 1 aromatic rings. The molecule has 0 aliphatic rings. The Hall–Kier alpha value is -0.800. The quantitative estimate of drug-likeness (QED) is 0.832. The Morgan fingerprint density at radius 1 is 1.57 bits per heavy atom. The van der Waals surface area contributed by atoms with E-state index in [2.05, 4.69) is 4.98 Å². The van der Waals surface area contributed by atoms with Gasteiger partial charge in [-0.3, -0.25) is 0 Å². The average Bonchev–Trinajstić information content (AvgIpc) is 2.15. The van der Waals surface area contributed by atoms with Gasteiger partial charge in [0.05, 0.1) is 11.1 Å². The summed E-state index contributed by atoms with van der Waals surface area (Å²) in [5.41, 5.74) is 0. The van der Waals surface area contributed by atoms with Gasteiger partial charge in [0.1, 0.15) is 5.82 Å². The maximum absolute atomic E-state index is 9.12. The first-order chi connectivity index (χ1) is 6.59. The lowest BCUT2D eigenvalue weighted by molar-refractivity contribution is 0.187. The van der Waals surface area contributed by atoms with Crippen LogP contribution in [-0.2, 0) is 0 Å². The fourth-order valence-electron chi connectivity index (χ4n) is 1.09. The van der Waals surface area contributed by atoms with Gasteiger partial charge in [-0.2, -0.15) is 0 Å². The van der Waals surface area contributed by atoms with Gasteiger partial charge in [-0.25, -0.2) is 4.98 Å². The maximum atomic E-state index is 9.12. The van der Waals surface area contributed by atoms with Crippen molar-refractivity contribution in [3.8, 4) is 0 Å². The Morgan fingerprint density at radius 2 is 2.29 bits per heavy atom. The molecule has 1 aromatic heterocycles. The summed E-state index contributed by atoms with van der Waals surface area (Å²) < 4.78 is 0. The third-order valence-electron chi connectivity index (χ3n) is 1.99. The second-order valence-electron chi connectivity index (χ2n) is 3.39. The second kappa shape index (κ2) is 5.17. The number of pyridine rings is 1. The molecular weight excluding hydrogens is 200 g/mol. The van der Waals surface area contributed by atoms with Crippen LogP contribution < -0.4 is 4.90 Å². The van der Waals surface area contributed by atoms with E-state index in [1.54, 1.807) is 13.1 Å². The van der Waals surface area contributed by atoms with Crippen molar-refractivity contribution in [3.05, 3.63) is 23.4 Å². The zero-order valence-electron chi connectivity index (χ0n) is 8.44. The van der Waals surface area contributed by atoms with Crippen molar-refractivity contribution in [1.29, 1.82) is 0 Å². The summed E-state index contributed by atoms with van der Waals surface area (Å²) >= 11 is 5.72. The number of rotatable bonds is 4. The molecule has 0 aliphatic heterocycles. The topological polar surface area (TPSA) is 36.4 Å². The van der Waals surface area contributed by atoms with Crippen LogP contribution in [-0.4, -0.2) is 29.8 Å². The van der Waals surface area contributed by atoms with Gasteiger partial charge in [-0.15, -0.1) is 0 Å². The van der Waals surface area contributed by atoms with Gasteiger partial charge in [-0.1, -0.05) is 11.6 Å². The highest BCUT2D eigenvalue weighted by atomic mass is 35.5. The van der Waals surface area contributed by atoms with Crippen LogP contribution in [0, 0.1) is 0 Å². The monoisotopic (exact) mass is 214 g/mol. The minimum atomic E-state index is -0.273. The Morgan fingerprint density at radius 3 is 2.79 bits per heavy atom. The molecule has 0 aliphatic carbocycles. The summed E-state index contributed by atoms with van der Waals surface area (Å²) in [6.45, 7) is 2.56. The summed E-state index contributed by atoms with van der Waals surface area (Å²) in [5.74, 6) is 0.870. The van der Waals surface area contributed by atoms with Gasteiger partial charge in [0, 0.05) is 19.8 Å². The molecule has 1 N–H and O–H groups in total. The summed E-state index contributed by atoms with van der Waals surface area (Å²) in [7, 11) is 1.94. The van der Waals surface area contributed by atoms with Gasteiger partial charge in [-0.05, 0) is 25.5 Å². The third kappa shape index (κ3) is 3.52. The minimum Gasteiger partial charge on any atom is -0.393 e. The Bertz CT molecular complexity index is 274. The Labute approximate surface area is 89.3 Å². The molecule has 1 atom stereocenters. The van der Waals surface area contributed by atoms with Gasteiger partial charge >= 0.3 is 0 Å². The number of anilines is 1. The Kier molecular flexibility index (Phi) is 4.17. The number of hydrogen-bond acceptors (Lipinski definition) is 3. The van der Waals surface area contributed by atoms with E-state index in [0.717, 1.165) is 18.8 Å². The van der Waals surface area contributed by atoms with E-state index in [-0.39, 0.29) is 6.10 Å². The standard InChI is InChI=1S/C10H15ClN2O/c1-8(14)5-6-13(2)10-4-3-9(11)7-12-10/h3-4,7-8,14H,5-6H2,1-2H3. The van der Waals surface area contributed by atoms with E-state index in [9.17, 15) is 0 Å². The molecule has 4 heteroatoms. The molecule has 0 radical (unpaired) electrons. The van der Waals surface area contributed by atoms with Crippen LogP contribution in [0.3, 0.4) is 0 Å². The molecular formula is C10H15ClN2O. The number of nitrogens with zero attached hydrogens (tertiary/aromatic N) is 2. The van der Waals surface area contributed by atoms with Crippen molar-refractivity contribution in [2.24, 2.45) is 0 Å². The third-order valence-corrected chi connectivity index (χ3v) is 2.21. The molecule has 3 nitrogen and oxygen atoms in total. The lowest BCUT2D eigenvalue weighted by atomic mass is 10.3. The van der Waals surface area contributed by atoms with E-state index in [0.29, 0.717) is 5.02 Å². The highest BCUT2D eigenvalue weighted by Gasteiger charge is 2.03. The van der Waals surface area contributed by atoms with Gasteiger partial charge in [0.25, 0.3) is 0 Å². The molecule has 14 heavy (non-hydrogen) atoms. The molecule has 1 rings (SSSR count). The molecule has 78 valence electrons. The first kappa shape index (κ1) is 11.3. The van der Waals surface area contributed by atoms with Gasteiger partial charge in [0.2, 0.25) is 0 Å². The predicted molar refractivity (Wildman–Crippen MR) is 58.8 cm³/mol.